The summed E-state index contributed by atoms with van der Waals surface area (Å²) in [7, 11) is 1.82. The maximum Gasteiger partial charge on any atom is 0.244 e. The van der Waals surface area contributed by atoms with Crippen molar-refractivity contribution in [3.8, 4) is 0 Å². The molecule has 3 rings (SSSR count). The number of nitrogens with zero attached hydrogens (tertiary/aromatic N) is 4. The minimum Gasteiger partial charge on any atom is -0.389 e. The predicted octanol–water partition coefficient (Wildman–Crippen LogP) is 0.511. The third-order valence-corrected chi connectivity index (χ3v) is 3.97. The number of carbonyl (C=O) groups is 1. The van der Waals surface area contributed by atoms with Crippen LogP contribution in [-0.4, -0.2) is 42.5 Å². The number of nitrogens with one attached hydrogen (secondary N) is 1. The summed E-state index contributed by atoms with van der Waals surface area (Å²) in [6.07, 6.45) is 12.9. The number of hydrogen-bond acceptors (Lipinski definition) is 4. The first-order valence-corrected chi connectivity index (χ1v) is 7.26. The van der Waals surface area contributed by atoms with E-state index in [4.69, 9.17) is 0 Å². The zero-order chi connectivity index (χ0) is 15.5. The summed E-state index contributed by atoms with van der Waals surface area (Å²) in [5.74, 6) is -0.209. The Balaban J connectivity index is 1.57. The first kappa shape index (κ1) is 14.5. The standard InChI is InChI=1S/C15H19N5O2/c1-19-9-11(8-17-19)2-5-14(21)18-12-3-4-13(15(12)22)20-7-6-16-10-20/h2,5-10,12-13,15,22H,3-4H2,1H3,(H,18,21)/b5-2+/t12-,13-,15-/m1/s1. The highest BCUT2D eigenvalue weighted by molar-refractivity contribution is 5.91. The number of imidazole rings is 1. The molecule has 1 saturated carbocycles. The van der Waals surface area contributed by atoms with Crippen molar-refractivity contribution in [3.05, 3.63) is 42.8 Å². The summed E-state index contributed by atoms with van der Waals surface area (Å²) < 4.78 is 3.57. The predicted molar refractivity (Wildman–Crippen MR) is 80.7 cm³/mol. The van der Waals surface area contributed by atoms with Crippen molar-refractivity contribution in [2.75, 3.05) is 0 Å². The number of hydrogen-bond donors (Lipinski definition) is 2. The number of aliphatic hydroxyl groups is 1. The Hall–Kier alpha value is -2.41. The second kappa shape index (κ2) is 6.15. The highest BCUT2D eigenvalue weighted by Crippen LogP contribution is 2.30. The molecule has 22 heavy (non-hydrogen) atoms. The van der Waals surface area contributed by atoms with Gasteiger partial charge >= 0.3 is 0 Å². The van der Waals surface area contributed by atoms with Crippen molar-refractivity contribution in [2.45, 2.75) is 31.0 Å². The van der Waals surface area contributed by atoms with Crippen molar-refractivity contribution < 1.29 is 9.90 Å². The number of carbonyl (C=O) groups excluding carboxylic acids is 1. The van der Waals surface area contributed by atoms with Crippen LogP contribution in [-0.2, 0) is 11.8 Å². The first-order valence-electron chi connectivity index (χ1n) is 7.26. The lowest BCUT2D eigenvalue weighted by Crippen LogP contribution is -2.41. The molecule has 0 aromatic carbocycles. The van der Waals surface area contributed by atoms with E-state index in [0.717, 1.165) is 18.4 Å². The maximum absolute atomic E-state index is 12.0. The van der Waals surface area contributed by atoms with Crippen LogP contribution >= 0.6 is 0 Å². The van der Waals surface area contributed by atoms with Crippen molar-refractivity contribution in [1.82, 2.24) is 24.6 Å². The number of aromatic nitrogens is 4. The van der Waals surface area contributed by atoms with Gasteiger partial charge < -0.3 is 15.0 Å². The molecule has 1 aliphatic carbocycles. The van der Waals surface area contributed by atoms with Gasteiger partial charge in [0.25, 0.3) is 0 Å². The first-order chi connectivity index (χ1) is 10.6. The molecule has 2 aromatic rings. The summed E-state index contributed by atoms with van der Waals surface area (Å²) >= 11 is 0. The molecule has 116 valence electrons. The zero-order valence-electron chi connectivity index (χ0n) is 12.3. The Morgan fingerprint density at radius 1 is 1.50 bits per heavy atom. The molecule has 2 heterocycles. The molecule has 0 saturated heterocycles. The topological polar surface area (TPSA) is 85.0 Å². The Kier molecular flexibility index (Phi) is 4.06. The fraction of sp³-hybridized carbons (Fsp3) is 0.400. The molecule has 7 nitrogen and oxygen atoms in total. The third kappa shape index (κ3) is 3.09. The number of amides is 1. The van der Waals surface area contributed by atoms with Crippen LogP contribution in [0.2, 0.25) is 0 Å². The Morgan fingerprint density at radius 2 is 2.36 bits per heavy atom. The van der Waals surface area contributed by atoms with Crippen molar-refractivity contribution in [1.29, 1.82) is 0 Å². The van der Waals surface area contributed by atoms with E-state index in [0.29, 0.717) is 0 Å². The van der Waals surface area contributed by atoms with Gasteiger partial charge in [0.1, 0.15) is 0 Å². The van der Waals surface area contributed by atoms with E-state index < -0.39 is 6.10 Å². The van der Waals surface area contributed by atoms with Gasteiger partial charge in [0.05, 0.1) is 30.7 Å². The molecule has 0 aliphatic heterocycles. The van der Waals surface area contributed by atoms with Crippen LogP contribution in [0.3, 0.4) is 0 Å². The van der Waals surface area contributed by atoms with Crippen LogP contribution in [0.1, 0.15) is 24.4 Å². The third-order valence-electron chi connectivity index (χ3n) is 3.97. The lowest BCUT2D eigenvalue weighted by atomic mass is 10.1. The smallest absolute Gasteiger partial charge is 0.244 e. The molecular formula is C15H19N5O2. The second-order valence-corrected chi connectivity index (χ2v) is 5.54. The van der Waals surface area contributed by atoms with E-state index in [1.165, 1.54) is 6.08 Å². The van der Waals surface area contributed by atoms with E-state index in [1.54, 1.807) is 29.5 Å². The van der Waals surface area contributed by atoms with E-state index >= 15 is 0 Å². The second-order valence-electron chi connectivity index (χ2n) is 5.54. The monoisotopic (exact) mass is 301 g/mol. The van der Waals surface area contributed by atoms with Gasteiger partial charge in [0.2, 0.25) is 5.91 Å². The number of aliphatic hydroxyl groups excluding tert-OH is 1. The van der Waals surface area contributed by atoms with Crippen molar-refractivity contribution in [2.24, 2.45) is 7.05 Å². The Bertz CT molecular complexity index is 661. The fourth-order valence-corrected chi connectivity index (χ4v) is 2.84. The van der Waals surface area contributed by atoms with E-state index in [1.807, 2.05) is 24.0 Å². The van der Waals surface area contributed by atoms with E-state index in [2.05, 4.69) is 15.4 Å². The summed E-state index contributed by atoms with van der Waals surface area (Å²) in [5.41, 5.74) is 0.862. The molecule has 0 unspecified atom stereocenters. The van der Waals surface area contributed by atoms with Gasteiger partial charge in [-0.1, -0.05) is 0 Å². The normalized spacial score (nSPS) is 24.9. The van der Waals surface area contributed by atoms with Crippen LogP contribution in [0, 0.1) is 0 Å². The molecule has 3 atom stereocenters. The largest absolute Gasteiger partial charge is 0.389 e. The van der Waals surface area contributed by atoms with Gasteiger partial charge in [0.15, 0.2) is 0 Å². The maximum atomic E-state index is 12.0. The van der Waals surface area contributed by atoms with Crippen LogP contribution < -0.4 is 5.32 Å². The summed E-state index contributed by atoms with van der Waals surface area (Å²) in [6, 6.07) is -0.270. The average Bonchev–Trinajstić information content (AvgIpc) is 3.20. The van der Waals surface area contributed by atoms with Gasteiger partial charge in [-0.15, -0.1) is 0 Å². The van der Waals surface area contributed by atoms with Gasteiger partial charge in [-0.3, -0.25) is 9.48 Å². The van der Waals surface area contributed by atoms with Crippen LogP contribution in [0.4, 0.5) is 0 Å². The molecular weight excluding hydrogens is 282 g/mol. The van der Waals surface area contributed by atoms with E-state index in [-0.39, 0.29) is 18.0 Å². The summed E-state index contributed by atoms with van der Waals surface area (Å²) in [6.45, 7) is 0. The molecule has 0 spiro atoms. The lowest BCUT2D eigenvalue weighted by Gasteiger charge is -2.20. The minimum atomic E-state index is -0.607. The van der Waals surface area contributed by atoms with Gasteiger partial charge in [-0.05, 0) is 18.9 Å². The quantitative estimate of drug-likeness (QED) is 0.806. The molecule has 1 fully saturated rings. The Labute approximate surface area is 128 Å². The average molecular weight is 301 g/mol. The zero-order valence-corrected chi connectivity index (χ0v) is 12.3. The lowest BCUT2D eigenvalue weighted by molar-refractivity contribution is -0.117. The molecule has 7 heteroatoms. The molecule has 0 radical (unpaired) electrons. The van der Waals surface area contributed by atoms with Gasteiger partial charge in [0, 0.05) is 37.3 Å². The van der Waals surface area contributed by atoms with Crippen molar-refractivity contribution in [3.63, 3.8) is 0 Å². The molecule has 1 amide bonds. The molecule has 0 bridgehead atoms. The molecule has 1 aliphatic rings. The fourth-order valence-electron chi connectivity index (χ4n) is 2.84. The SMILES string of the molecule is Cn1cc(/C=C/C(=O)N[C@@H]2CC[C@@H](n3ccnc3)[C@@H]2O)cn1. The van der Waals surface area contributed by atoms with Gasteiger partial charge in [-0.2, -0.15) is 5.10 Å². The number of rotatable bonds is 4. The van der Waals surface area contributed by atoms with Crippen LogP contribution in [0.5, 0.6) is 0 Å². The highest BCUT2D eigenvalue weighted by Gasteiger charge is 2.36. The van der Waals surface area contributed by atoms with E-state index in [9.17, 15) is 9.90 Å². The number of aryl methyl sites for hydroxylation is 1. The highest BCUT2D eigenvalue weighted by atomic mass is 16.3. The Morgan fingerprint density at radius 3 is 3.05 bits per heavy atom. The van der Waals surface area contributed by atoms with Gasteiger partial charge in [-0.25, -0.2) is 4.98 Å². The van der Waals surface area contributed by atoms with Crippen molar-refractivity contribution >= 4 is 12.0 Å². The minimum absolute atomic E-state index is 0.0323. The van der Waals surface area contributed by atoms with Crippen LogP contribution in [0.25, 0.3) is 6.08 Å². The summed E-state index contributed by atoms with van der Waals surface area (Å²) in [4.78, 5) is 16.0. The van der Waals surface area contributed by atoms with Crippen LogP contribution in [0.15, 0.2) is 37.2 Å². The molecule has 2 aromatic heterocycles. The molecule has 2 N–H and O–H groups in total. The summed E-state index contributed by atoms with van der Waals surface area (Å²) in [5, 5.41) is 17.3.